The highest BCUT2D eigenvalue weighted by Gasteiger charge is 2.30. The van der Waals surface area contributed by atoms with E-state index in [-0.39, 0.29) is 5.37 Å². The summed E-state index contributed by atoms with van der Waals surface area (Å²) in [7, 11) is -1.47. The maximum atomic E-state index is 10.8. The molecular weight excluding hydrogens is 241 g/mol. The average Bonchev–Trinajstić information content (AvgIpc) is 2.78. The molecule has 5 nitrogen and oxygen atoms in total. The quantitative estimate of drug-likeness (QED) is 0.525. The van der Waals surface area contributed by atoms with Gasteiger partial charge >= 0.3 is 13.1 Å². The minimum atomic E-state index is -1.47. The van der Waals surface area contributed by atoms with Crippen molar-refractivity contribution in [3.63, 3.8) is 0 Å². The summed E-state index contributed by atoms with van der Waals surface area (Å²) in [5, 5.41) is 29.4. The molecule has 1 aromatic rings. The molecule has 1 fully saturated rings. The molecule has 90 valence electrons. The lowest BCUT2D eigenvalue weighted by Gasteiger charge is -2.10. The summed E-state index contributed by atoms with van der Waals surface area (Å²) in [6.07, 6.45) is 0. The molecule has 1 heterocycles. The third kappa shape index (κ3) is 2.81. The van der Waals surface area contributed by atoms with Crippen molar-refractivity contribution in [1.82, 2.24) is 5.32 Å². The molecule has 1 aliphatic rings. The van der Waals surface area contributed by atoms with Crippen molar-refractivity contribution in [2.45, 2.75) is 10.6 Å². The van der Waals surface area contributed by atoms with E-state index in [1.165, 1.54) is 11.8 Å². The Morgan fingerprint density at radius 1 is 1.35 bits per heavy atom. The minimum absolute atomic E-state index is 0.0546. The van der Waals surface area contributed by atoms with Gasteiger partial charge < -0.3 is 15.2 Å². The van der Waals surface area contributed by atoms with Crippen molar-refractivity contribution >= 4 is 30.3 Å². The lowest BCUT2D eigenvalue weighted by atomic mass is 9.80. The van der Waals surface area contributed by atoms with Gasteiger partial charge in [0.15, 0.2) is 0 Å². The second-order valence-corrected chi connectivity index (χ2v) is 5.10. The summed E-state index contributed by atoms with van der Waals surface area (Å²) < 4.78 is 0. The normalized spacial score (nSPS) is 23.6. The summed E-state index contributed by atoms with van der Waals surface area (Å²) in [5.41, 5.74) is 1.36. The second kappa shape index (κ2) is 5.09. The van der Waals surface area contributed by atoms with Crippen molar-refractivity contribution in [3.05, 3.63) is 29.8 Å². The number of carboxylic acid groups (broad SMARTS) is 1. The molecule has 2 rings (SSSR count). The van der Waals surface area contributed by atoms with Crippen molar-refractivity contribution in [1.29, 1.82) is 0 Å². The highest BCUT2D eigenvalue weighted by atomic mass is 32.2. The van der Waals surface area contributed by atoms with E-state index in [2.05, 4.69) is 5.32 Å². The van der Waals surface area contributed by atoms with Crippen LogP contribution in [0.4, 0.5) is 0 Å². The molecule has 0 spiro atoms. The van der Waals surface area contributed by atoms with E-state index in [0.717, 1.165) is 5.56 Å². The van der Waals surface area contributed by atoms with Gasteiger partial charge in [-0.2, -0.15) is 0 Å². The van der Waals surface area contributed by atoms with Crippen molar-refractivity contribution < 1.29 is 19.9 Å². The zero-order chi connectivity index (χ0) is 12.4. The number of hydrogen-bond donors (Lipinski definition) is 4. The van der Waals surface area contributed by atoms with Gasteiger partial charge in [-0.25, -0.2) is 0 Å². The van der Waals surface area contributed by atoms with Crippen LogP contribution in [0.25, 0.3) is 0 Å². The maximum absolute atomic E-state index is 10.8. The standard InChI is InChI=1S/C10H12BNO4S/c13-10(14)8-5-12-9(17-8)6-1-3-7(4-2-6)11(15)16/h1-4,8-9,12,15-16H,5H2,(H,13,14)/t8-,9-/m1/s1. The summed E-state index contributed by atoms with van der Waals surface area (Å²) in [6, 6.07) is 6.78. The molecular formula is C10H12BNO4S. The fraction of sp³-hybridized carbons (Fsp3) is 0.300. The van der Waals surface area contributed by atoms with Crippen LogP contribution in [-0.4, -0.2) is 40.0 Å². The Bertz CT molecular complexity index is 411. The lowest BCUT2D eigenvalue weighted by Crippen LogP contribution is -2.29. The molecule has 1 aliphatic heterocycles. The number of thioether (sulfide) groups is 1. The third-order valence-electron chi connectivity index (χ3n) is 2.60. The highest BCUT2D eigenvalue weighted by Crippen LogP contribution is 2.34. The van der Waals surface area contributed by atoms with Crippen LogP contribution in [0.5, 0.6) is 0 Å². The highest BCUT2D eigenvalue weighted by molar-refractivity contribution is 8.01. The van der Waals surface area contributed by atoms with E-state index in [1.807, 2.05) is 0 Å². The van der Waals surface area contributed by atoms with E-state index >= 15 is 0 Å². The first-order valence-corrected chi connectivity index (χ1v) is 6.10. The molecule has 1 aromatic carbocycles. The second-order valence-electron chi connectivity index (χ2n) is 3.79. The van der Waals surface area contributed by atoms with Gasteiger partial charge in [0.2, 0.25) is 0 Å². The third-order valence-corrected chi connectivity index (χ3v) is 4.01. The van der Waals surface area contributed by atoms with E-state index < -0.39 is 18.3 Å². The fourth-order valence-corrected chi connectivity index (χ4v) is 2.80. The van der Waals surface area contributed by atoms with Crippen molar-refractivity contribution in [2.24, 2.45) is 0 Å². The Kier molecular flexibility index (Phi) is 3.73. The number of benzene rings is 1. The van der Waals surface area contributed by atoms with E-state index in [4.69, 9.17) is 15.2 Å². The number of carboxylic acids is 1. The molecule has 0 amide bonds. The number of carbonyl (C=O) groups is 1. The molecule has 4 N–H and O–H groups in total. The monoisotopic (exact) mass is 253 g/mol. The fourth-order valence-electron chi connectivity index (χ4n) is 1.66. The van der Waals surface area contributed by atoms with Gasteiger partial charge in [-0.1, -0.05) is 24.3 Å². The van der Waals surface area contributed by atoms with Crippen LogP contribution in [0.1, 0.15) is 10.9 Å². The average molecular weight is 253 g/mol. The Morgan fingerprint density at radius 2 is 2.00 bits per heavy atom. The minimum Gasteiger partial charge on any atom is -0.480 e. The zero-order valence-corrected chi connectivity index (χ0v) is 9.72. The Labute approximate surface area is 103 Å². The van der Waals surface area contributed by atoms with Gasteiger partial charge in [-0.05, 0) is 11.0 Å². The van der Waals surface area contributed by atoms with Gasteiger partial charge in [0.25, 0.3) is 0 Å². The molecule has 7 heteroatoms. The van der Waals surface area contributed by atoms with Crippen LogP contribution in [0.15, 0.2) is 24.3 Å². The van der Waals surface area contributed by atoms with Crippen LogP contribution in [-0.2, 0) is 4.79 Å². The van der Waals surface area contributed by atoms with Crippen molar-refractivity contribution in [2.75, 3.05) is 6.54 Å². The van der Waals surface area contributed by atoms with Crippen LogP contribution in [0.3, 0.4) is 0 Å². The number of aliphatic carboxylic acids is 1. The molecule has 0 aromatic heterocycles. The van der Waals surface area contributed by atoms with E-state index in [0.29, 0.717) is 12.0 Å². The zero-order valence-electron chi connectivity index (χ0n) is 8.91. The molecule has 0 aliphatic carbocycles. The predicted molar refractivity (Wildman–Crippen MR) is 66.0 cm³/mol. The summed E-state index contributed by atoms with van der Waals surface area (Å²) in [4.78, 5) is 10.8. The van der Waals surface area contributed by atoms with E-state index in [9.17, 15) is 4.79 Å². The predicted octanol–water partition coefficient (Wildman–Crippen LogP) is -0.845. The number of rotatable bonds is 3. The molecule has 2 atom stereocenters. The lowest BCUT2D eigenvalue weighted by molar-refractivity contribution is -0.136. The van der Waals surface area contributed by atoms with Gasteiger partial charge in [-0.3, -0.25) is 10.1 Å². The molecule has 0 unspecified atom stereocenters. The largest absolute Gasteiger partial charge is 0.488 e. The Balaban J connectivity index is 2.06. The topological polar surface area (TPSA) is 89.8 Å². The first kappa shape index (κ1) is 12.4. The van der Waals surface area contributed by atoms with Crippen LogP contribution in [0, 0.1) is 0 Å². The SMILES string of the molecule is O=C(O)[C@H]1CN[C@@H](c2ccc(B(O)O)cc2)S1. The molecule has 0 radical (unpaired) electrons. The smallest absolute Gasteiger partial charge is 0.480 e. The summed E-state index contributed by atoms with van der Waals surface area (Å²) in [5.74, 6) is -0.813. The first-order valence-electron chi connectivity index (χ1n) is 5.15. The van der Waals surface area contributed by atoms with Gasteiger partial charge in [-0.15, -0.1) is 11.8 Å². The van der Waals surface area contributed by atoms with Gasteiger partial charge in [0.1, 0.15) is 5.25 Å². The van der Waals surface area contributed by atoms with Crippen LogP contribution < -0.4 is 10.8 Å². The Hall–Kier alpha value is -1.02. The number of hydrogen-bond acceptors (Lipinski definition) is 5. The molecule has 1 saturated heterocycles. The molecule has 0 bridgehead atoms. The first-order chi connectivity index (χ1) is 8.08. The van der Waals surface area contributed by atoms with E-state index in [1.54, 1.807) is 24.3 Å². The summed E-state index contributed by atoms with van der Waals surface area (Å²) in [6.45, 7) is 0.440. The van der Waals surface area contributed by atoms with Gasteiger partial charge in [0, 0.05) is 6.54 Å². The van der Waals surface area contributed by atoms with Gasteiger partial charge in [0.05, 0.1) is 5.37 Å². The molecule has 17 heavy (non-hydrogen) atoms. The molecule has 0 saturated carbocycles. The maximum Gasteiger partial charge on any atom is 0.488 e. The Morgan fingerprint density at radius 3 is 2.47 bits per heavy atom. The van der Waals surface area contributed by atoms with Crippen LogP contribution in [0.2, 0.25) is 0 Å². The van der Waals surface area contributed by atoms with Crippen molar-refractivity contribution in [3.8, 4) is 0 Å². The number of nitrogens with one attached hydrogen (secondary N) is 1. The van der Waals surface area contributed by atoms with Crippen LogP contribution >= 0.6 is 11.8 Å². The summed E-state index contributed by atoms with van der Waals surface area (Å²) >= 11 is 1.35.